The lowest BCUT2D eigenvalue weighted by atomic mass is 10.00. The molecule has 0 saturated carbocycles. The van der Waals surface area contributed by atoms with Crippen molar-refractivity contribution in [3.05, 3.63) is 29.8 Å². The van der Waals surface area contributed by atoms with Crippen LogP contribution in [0.25, 0.3) is 0 Å². The molecule has 1 aromatic carbocycles. The number of piperidine rings is 2. The number of nitrogens with one attached hydrogen (secondary N) is 1. The maximum atomic E-state index is 12.5. The quantitative estimate of drug-likeness (QED) is 0.682. The molecule has 4 rings (SSSR count). The third-order valence-corrected chi connectivity index (χ3v) is 7.16. The van der Waals surface area contributed by atoms with Crippen LogP contribution in [0.4, 0.5) is 5.69 Å². The van der Waals surface area contributed by atoms with Crippen molar-refractivity contribution in [3.63, 3.8) is 0 Å². The summed E-state index contributed by atoms with van der Waals surface area (Å²) in [5.74, 6) is -0.00876. The highest BCUT2D eigenvalue weighted by molar-refractivity contribution is 5.99. The molecular formula is C25H38N4O2. The Morgan fingerprint density at radius 3 is 2.55 bits per heavy atom. The molecule has 2 amide bonds. The summed E-state index contributed by atoms with van der Waals surface area (Å²) in [7, 11) is 0. The first-order chi connectivity index (χ1) is 15.2. The van der Waals surface area contributed by atoms with Crippen LogP contribution in [0.2, 0.25) is 0 Å². The fourth-order valence-electron chi connectivity index (χ4n) is 5.38. The normalized spacial score (nSPS) is 21.5. The standard InChI is InChI=1S/C25H38N4O2/c30-24(20-29-23-10-3-2-8-21(23)9-6-11-25(29)31)26-14-7-15-27-18-12-22(13-19-27)28-16-4-1-5-17-28/h2-3,8,10,22H,1,4-7,9,11-20H2,(H,26,30). The first-order valence-corrected chi connectivity index (χ1v) is 12.3. The topological polar surface area (TPSA) is 55.9 Å². The summed E-state index contributed by atoms with van der Waals surface area (Å²) < 4.78 is 0. The lowest BCUT2D eigenvalue weighted by Crippen LogP contribution is -2.47. The number of hydrogen-bond donors (Lipinski definition) is 1. The van der Waals surface area contributed by atoms with E-state index in [9.17, 15) is 9.59 Å². The summed E-state index contributed by atoms with van der Waals surface area (Å²) in [5, 5.41) is 3.03. The molecule has 0 atom stereocenters. The number of fused-ring (bicyclic) bond motifs is 1. The van der Waals surface area contributed by atoms with E-state index in [1.54, 1.807) is 4.90 Å². The number of hydrogen-bond acceptors (Lipinski definition) is 4. The number of nitrogens with zero attached hydrogens (tertiary/aromatic N) is 3. The molecule has 2 saturated heterocycles. The molecule has 3 aliphatic heterocycles. The minimum Gasteiger partial charge on any atom is -0.355 e. The Morgan fingerprint density at radius 1 is 0.968 bits per heavy atom. The van der Waals surface area contributed by atoms with Crippen LogP contribution in [0.3, 0.4) is 0 Å². The molecule has 6 heteroatoms. The number of carbonyl (C=O) groups is 2. The van der Waals surface area contributed by atoms with E-state index in [4.69, 9.17) is 0 Å². The van der Waals surface area contributed by atoms with Gasteiger partial charge in [-0.25, -0.2) is 0 Å². The highest BCUT2D eigenvalue weighted by atomic mass is 16.2. The average Bonchev–Trinajstić information content (AvgIpc) is 2.96. The molecule has 1 N–H and O–H groups in total. The highest BCUT2D eigenvalue weighted by Crippen LogP contribution is 2.26. The minimum atomic E-state index is -0.0612. The Balaban J connectivity index is 1.15. The fraction of sp³-hybridized carbons (Fsp3) is 0.680. The van der Waals surface area contributed by atoms with Gasteiger partial charge < -0.3 is 20.0 Å². The van der Waals surface area contributed by atoms with Gasteiger partial charge in [0, 0.05) is 24.7 Å². The molecule has 1 aromatic rings. The predicted molar refractivity (Wildman–Crippen MR) is 124 cm³/mol. The van der Waals surface area contributed by atoms with Crippen molar-refractivity contribution in [1.29, 1.82) is 0 Å². The van der Waals surface area contributed by atoms with Crippen molar-refractivity contribution in [3.8, 4) is 0 Å². The number of benzene rings is 1. The molecule has 6 nitrogen and oxygen atoms in total. The molecule has 3 aliphatic rings. The van der Waals surface area contributed by atoms with Crippen molar-refractivity contribution < 1.29 is 9.59 Å². The van der Waals surface area contributed by atoms with E-state index >= 15 is 0 Å². The molecule has 170 valence electrons. The smallest absolute Gasteiger partial charge is 0.240 e. The van der Waals surface area contributed by atoms with Crippen LogP contribution in [-0.2, 0) is 16.0 Å². The monoisotopic (exact) mass is 426 g/mol. The summed E-state index contributed by atoms with van der Waals surface area (Å²) in [6, 6.07) is 8.75. The second-order valence-electron chi connectivity index (χ2n) is 9.34. The van der Waals surface area contributed by atoms with Crippen molar-refractivity contribution in [1.82, 2.24) is 15.1 Å². The first-order valence-electron chi connectivity index (χ1n) is 12.3. The molecule has 0 bridgehead atoms. The van der Waals surface area contributed by atoms with Gasteiger partial charge in [0.25, 0.3) is 0 Å². The number of anilines is 1. The Morgan fingerprint density at radius 2 is 1.74 bits per heavy atom. The van der Waals surface area contributed by atoms with Gasteiger partial charge in [-0.1, -0.05) is 24.6 Å². The number of carbonyl (C=O) groups excluding carboxylic acids is 2. The summed E-state index contributed by atoms with van der Waals surface area (Å²) in [4.78, 5) is 32.0. The molecule has 31 heavy (non-hydrogen) atoms. The van der Waals surface area contributed by atoms with E-state index in [1.807, 2.05) is 18.2 Å². The van der Waals surface area contributed by atoms with E-state index in [1.165, 1.54) is 58.3 Å². The van der Waals surface area contributed by atoms with Crippen LogP contribution in [0.5, 0.6) is 0 Å². The van der Waals surface area contributed by atoms with Gasteiger partial charge in [0.2, 0.25) is 11.8 Å². The Bertz CT molecular complexity index is 739. The van der Waals surface area contributed by atoms with Crippen molar-refractivity contribution in [2.75, 3.05) is 50.7 Å². The maximum Gasteiger partial charge on any atom is 0.240 e. The fourth-order valence-corrected chi connectivity index (χ4v) is 5.38. The molecule has 2 fully saturated rings. The molecule has 3 heterocycles. The van der Waals surface area contributed by atoms with Gasteiger partial charge in [0.15, 0.2) is 0 Å². The summed E-state index contributed by atoms with van der Waals surface area (Å²) in [5.41, 5.74) is 2.06. The number of amides is 2. The average molecular weight is 427 g/mol. The van der Waals surface area contributed by atoms with E-state index < -0.39 is 0 Å². The number of rotatable bonds is 7. The summed E-state index contributed by atoms with van der Waals surface area (Å²) >= 11 is 0. The molecule has 0 radical (unpaired) electrons. The first kappa shape index (κ1) is 22.3. The van der Waals surface area contributed by atoms with E-state index in [0.717, 1.165) is 43.1 Å². The second kappa shape index (κ2) is 11.1. The van der Waals surface area contributed by atoms with Crippen molar-refractivity contribution in [2.45, 2.75) is 63.8 Å². The Hall–Kier alpha value is -1.92. The van der Waals surface area contributed by atoms with Gasteiger partial charge >= 0.3 is 0 Å². The predicted octanol–water partition coefficient (Wildman–Crippen LogP) is 2.81. The van der Waals surface area contributed by atoms with Gasteiger partial charge in [-0.2, -0.15) is 0 Å². The molecule has 0 aliphatic carbocycles. The van der Waals surface area contributed by atoms with Crippen molar-refractivity contribution in [2.24, 2.45) is 0 Å². The Labute approximate surface area is 187 Å². The maximum absolute atomic E-state index is 12.5. The summed E-state index contributed by atoms with van der Waals surface area (Å²) in [6.07, 6.45) is 9.92. The number of para-hydroxylation sites is 1. The van der Waals surface area contributed by atoms with Crippen LogP contribution in [0.1, 0.15) is 56.9 Å². The van der Waals surface area contributed by atoms with E-state index in [0.29, 0.717) is 13.0 Å². The lowest BCUT2D eigenvalue weighted by Gasteiger charge is -2.40. The zero-order valence-corrected chi connectivity index (χ0v) is 18.9. The molecule has 0 unspecified atom stereocenters. The van der Waals surface area contributed by atoms with Crippen LogP contribution < -0.4 is 10.2 Å². The van der Waals surface area contributed by atoms with Crippen LogP contribution in [0.15, 0.2) is 24.3 Å². The van der Waals surface area contributed by atoms with Crippen LogP contribution >= 0.6 is 0 Å². The highest BCUT2D eigenvalue weighted by Gasteiger charge is 2.26. The second-order valence-corrected chi connectivity index (χ2v) is 9.34. The molecule has 0 aromatic heterocycles. The summed E-state index contributed by atoms with van der Waals surface area (Å²) in [6.45, 7) is 6.77. The molecule has 0 spiro atoms. The SMILES string of the molecule is O=C(CN1C(=O)CCCc2ccccc21)NCCCN1CCC(N2CCCCC2)CC1. The number of aryl methyl sites for hydroxylation is 1. The number of likely N-dealkylation sites (tertiary alicyclic amines) is 2. The minimum absolute atomic E-state index is 0.0525. The van der Waals surface area contributed by atoms with E-state index in [2.05, 4.69) is 21.2 Å². The third-order valence-electron chi connectivity index (χ3n) is 7.16. The largest absolute Gasteiger partial charge is 0.355 e. The zero-order chi connectivity index (χ0) is 21.5. The third kappa shape index (κ3) is 6.07. The van der Waals surface area contributed by atoms with Gasteiger partial charge in [0.1, 0.15) is 6.54 Å². The van der Waals surface area contributed by atoms with Gasteiger partial charge in [-0.15, -0.1) is 0 Å². The van der Waals surface area contributed by atoms with Gasteiger partial charge in [-0.3, -0.25) is 9.59 Å². The van der Waals surface area contributed by atoms with Gasteiger partial charge in [-0.05, 0) is 89.3 Å². The molecular weight excluding hydrogens is 388 g/mol. The zero-order valence-electron chi connectivity index (χ0n) is 18.9. The van der Waals surface area contributed by atoms with E-state index in [-0.39, 0.29) is 18.4 Å². The lowest BCUT2D eigenvalue weighted by molar-refractivity contribution is -0.123. The van der Waals surface area contributed by atoms with Crippen LogP contribution in [-0.4, -0.2) is 73.5 Å². The van der Waals surface area contributed by atoms with Gasteiger partial charge in [0.05, 0.1) is 0 Å². The van der Waals surface area contributed by atoms with Crippen LogP contribution in [0, 0.1) is 0 Å². The Kier molecular flexibility index (Phi) is 7.97. The van der Waals surface area contributed by atoms with Crippen molar-refractivity contribution >= 4 is 17.5 Å².